The first-order valence-corrected chi connectivity index (χ1v) is 8.56. The fourth-order valence-electron chi connectivity index (χ4n) is 5.09. The molecule has 0 aliphatic carbocycles. The molecule has 0 radical (unpaired) electrons. The average Bonchev–Trinajstić information content (AvgIpc) is 2.61. The number of para-hydroxylation sites is 1. The van der Waals surface area contributed by atoms with Crippen LogP contribution in [0.4, 0.5) is 0 Å². The molecule has 22 heavy (non-hydrogen) atoms. The smallest absolute Gasteiger partial charge is 0.0995 e. The van der Waals surface area contributed by atoms with Gasteiger partial charge in [0.15, 0.2) is 0 Å². The van der Waals surface area contributed by atoms with Crippen LogP contribution in [0.5, 0.6) is 0 Å². The first kappa shape index (κ1) is 13.0. The summed E-state index contributed by atoms with van der Waals surface area (Å²) in [5, 5.41) is 1.26. The SMILES string of the molecule is CCC12CN3CCC1CC3[C@H](c1ccnc3ccccc13)O2. The first-order chi connectivity index (χ1) is 10.8. The van der Waals surface area contributed by atoms with Crippen LogP contribution in [0.3, 0.4) is 0 Å². The topological polar surface area (TPSA) is 25.4 Å². The molecule has 3 heteroatoms. The fraction of sp³-hybridized carbons (Fsp3) is 0.526. The van der Waals surface area contributed by atoms with Crippen LogP contribution in [0.15, 0.2) is 36.5 Å². The number of piperidine rings is 3. The Morgan fingerprint density at radius 1 is 1.32 bits per heavy atom. The molecule has 5 aliphatic heterocycles. The van der Waals surface area contributed by atoms with E-state index >= 15 is 0 Å². The molecular weight excluding hydrogens is 272 g/mol. The largest absolute Gasteiger partial charge is 0.364 e. The van der Waals surface area contributed by atoms with E-state index in [1.165, 1.54) is 30.3 Å². The Labute approximate surface area is 131 Å². The lowest BCUT2D eigenvalue weighted by Crippen LogP contribution is -2.70. The molecule has 0 saturated carbocycles. The number of pyridine rings is 1. The summed E-state index contributed by atoms with van der Waals surface area (Å²) < 4.78 is 6.78. The fourth-order valence-corrected chi connectivity index (χ4v) is 5.09. The third kappa shape index (κ3) is 1.61. The number of fused-ring (bicyclic) bond motifs is 3. The molecule has 3 nitrogen and oxygen atoms in total. The van der Waals surface area contributed by atoms with Crippen LogP contribution in [-0.2, 0) is 4.74 Å². The van der Waals surface area contributed by atoms with Crippen LogP contribution in [-0.4, -0.2) is 34.6 Å². The van der Waals surface area contributed by atoms with Gasteiger partial charge in [0.2, 0.25) is 0 Å². The molecular formula is C19H22N2O. The van der Waals surface area contributed by atoms with E-state index in [-0.39, 0.29) is 11.7 Å². The molecule has 0 N–H and O–H groups in total. The maximum atomic E-state index is 6.78. The van der Waals surface area contributed by atoms with Gasteiger partial charge in [0.05, 0.1) is 17.2 Å². The number of aromatic nitrogens is 1. The van der Waals surface area contributed by atoms with Crippen molar-refractivity contribution in [2.75, 3.05) is 13.1 Å². The highest BCUT2D eigenvalue weighted by Gasteiger charge is 2.58. The van der Waals surface area contributed by atoms with Gasteiger partial charge >= 0.3 is 0 Å². The van der Waals surface area contributed by atoms with Gasteiger partial charge in [-0.1, -0.05) is 25.1 Å². The lowest BCUT2D eigenvalue weighted by Gasteiger charge is -2.64. The molecule has 0 amide bonds. The van der Waals surface area contributed by atoms with Crippen molar-refractivity contribution in [2.24, 2.45) is 5.92 Å². The second kappa shape index (κ2) is 4.53. The van der Waals surface area contributed by atoms with Crippen molar-refractivity contribution < 1.29 is 4.74 Å². The molecule has 4 unspecified atom stereocenters. The number of benzene rings is 1. The number of morpholine rings is 1. The van der Waals surface area contributed by atoms with Gasteiger partial charge < -0.3 is 4.74 Å². The summed E-state index contributed by atoms with van der Waals surface area (Å²) >= 11 is 0. The number of nitrogens with zero attached hydrogens (tertiary/aromatic N) is 2. The van der Waals surface area contributed by atoms with E-state index in [0.29, 0.717) is 6.04 Å². The number of rotatable bonds is 2. The normalized spacial score (nSPS) is 39.5. The van der Waals surface area contributed by atoms with Gasteiger partial charge in [-0.05, 0) is 49.4 Å². The Morgan fingerprint density at radius 2 is 2.23 bits per heavy atom. The van der Waals surface area contributed by atoms with Crippen molar-refractivity contribution >= 4 is 10.9 Å². The summed E-state index contributed by atoms with van der Waals surface area (Å²) in [5.41, 5.74) is 2.50. The van der Waals surface area contributed by atoms with Crippen LogP contribution >= 0.6 is 0 Å². The summed E-state index contributed by atoms with van der Waals surface area (Å²) in [5.74, 6) is 0.761. The van der Waals surface area contributed by atoms with Crippen LogP contribution in [0.1, 0.15) is 37.9 Å². The molecule has 5 fully saturated rings. The van der Waals surface area contributed by atoms with Crippen molar-refractivity contribution in [3.63, 3.8) is 0 Å². The van der Waals surface area contributed by atoms with Gasteiger partial charge in [-0.15, -0.1) is 0 Å². The Kier molecular flexibility index (Phi) is 2.68. The van der Waals surface area contributed by atoms with E-state index in [9.17, 15) is 0 Å². The van der Waals surface area contributed by atoms with E-state index in [1.807, 2.05) is 6.20 Å². The molecule has 7 rings (SSSR count). The van der Waals surface area contributed by atoms with Crippen LogP contribution in [0, 0.1) is 5.92 Å². The standard InChI is InChI=1S/C19H22N2O/c1-2-19-12-21-10-8-13(19)11-17(21)18(22-19)15-7-9-20-16-6-4-3-5-14(15)16/h3-7,9,13,17-18H,2,8,10-12H2,1H3/t13?,17?,18-,19?/m0/s1. The maximum absolute atomic E-state index is 6.78. The minimum atomic E-state index is 0.0854. The van der Waals surface area contributed by atoms with Gasteiger partial charge in [-0.25, -0.2) is 0 Å². The summed E-state index contributed by atoms with van der Waals surface area (Å²) in [7, 11) is 0. The highest BCUT2D eigenvalue weighted by Crippen LogP contribution is 2.54. The molecule has 1 aromatic carbocycles. The van der Waals surface area contributed by atoms with Gasteiger partial charge in [0.25, 0.3) is 0 Å². The Morgan fingerprint density at radius 3 is 3.05 bits per heavy atom. The van der Waals surface area contributed by atoms with E-state index < -0.39 is 0 Å². The Balaban J connectivity index is 1.64. The van der Waals surface area contributed by atoms with Gasteiger partial charge in [0.1, 0.15) is 0 Å². The van der Waals surface area contributed by atoms with E-state index in [2.05, 4.69) is 47.1 Å². The Bertz CT molecular complexity index is 725. The van der Waals surface area contributed by atoms with Gasteiger partial charge in [-0.2, -0.15) is 0 Å². The highest BCUT2D eigenvalue weighted by atomic mass is 16.5. The van der Waals surface area contributed by atoms with Gasteiger partial charge in [0, 0.05) is 24.2 Å². The quantitative estimate of drug-likeness (QED) is 0.847. The van der Waals surface area contributed by atoms with Gasteiger partial charge in [-0.3, -0.25) is 9.88 Å². The predicted octanol–water partition coefficient (Wildman–Crippen LogP) is 3.55. The molecule has 114 valence electrons. The highest BCUT2D eigenvalue weighted by molar-refractivity contribution is 5.82. The summed E-state index contributed by atoms with van der Waals surface area (Å²) in [6.45, 7) is 4.68. The predicted molar refractivity (Wildman–Crippen MR) is 86.7 cm³/mol. The minimum Gasteiger partial charge on any atom is -0.364 e. The molecule has 4 bridgehead atoms. The monoisotopic (exact) mass is 294 g/mol. The lowest BCUT2D eigenvalue weighted by molar-refractivity contribution is -0.274. The van der Waals surface area contributed by atoms with Crippen molar-refractivity contribution in [1.29, 1.82) is 0 Å². The second-order valence-electron chi connectivity index (χ2n) is 7.13. The zero-order valence-electron chi connectivity index (χ0n) is 13.0. The van der Waals surface area contributed by atoms with Crippen molar-refractivity contribution in [2.45, 2.75) is 43.9 Å². The number of ether oxygens (including phenoxy) is 1. The number of hydrogen-bond donors (Lipinski definition) is 0. The maximum Gasteiger partial charge on any atom is 0.0995 e. The zero-order valence-corrected chi connectivity index (χ0v) is 13.0. The molecule has 6 heterocycles. The molecule has 2 aromatic rings. The molecule has 0 spiro atoms. The van der Waals surface area contributed by atoms with Crippen molar-refractivity contribution in [3.8, 4) is 0 Å². The zero-order chi connectivity index (χ0) is 14.7. The average molecular weight is 294 g/mol. The van der Waals surface area contributed by atoms with Crippen LogP contribution in [0.2, 0.25) is 0 Å². The second-order valence-corrected chi connectivity index (χ2v) is 7.13. The van der Waals surface area contributed by atoms with Crippen LogP contribution in [0.25, 0.3) is 10.9 Å². The summed E-state index contributed by atoms with van der Waals surface area (Å²) in [4.78, 5) is 7.20. The van der Waals surface area contributed by atoms with E-state index in [0.717, 1.165) is 24.4 Å². The molecule has 1 aromatic heterocycles. The van der Waals surface area contributed by atoms with Crippen molar-refractivity contribution in [1.82, 2.24) is 9.88 Å². The van der Waals surface area contributed by atoms with Crippen molar-refractivity contribution in [3.05, 3.63) is 42.1 Å². The van der Waals surface area contributed by atoms with E-state index in [4.69, 9.17) is 4.74 Å². The lowest BCUT2D eigenvalue weighted by atomic mass is 9.66. The summed E-state index contributed by atoms with van der Waals surface area (Å²) in [6, 6.07) is 11.2. The molecule has 5 aliphatic rings. The third-order valence-corrected chi connectivity index (χ3v) is 6.27. The van der Waals surface area contributed by atoms with E-state index in [1.54, 1.807) is 0 Å². The number of hydrogen-bond acceptors (Lipinski definition) is 3. The Hall–Kier alpha value is -1.45. The third-order valence-electron chi connectivity index (χ3n) is 6.27. The summed E-state index contributed by atoms with van der Waals surface area (Å²) in [6.07, 6.45) is 5.89. The molecule has 5 atom stereocenters. The first-order valence-electron chi connectivity index (χ1n) is 8.56. The van der Waals surface area contributed by atoms with Crippen LogP contribution < -0.4 is 0 Å². The molecule has 5 saturated heterocycles. The minimum absolute atomic E-state index is 0.0854.